The number of rotatable bonds is 4. The van der Waals surface area contributed by atoms with Crippen molar-refractivity contribution in [3.05, 3.63) is 52.7 Å². The van der Waals surface area contributed by atoms with Gasteiger partial charge in [-0.3, -0.25) is 19.9 Å². The van der Waals surface area contributed by atoms with E-state index >= 15 is 0 Å². The van der Waals surface area contributed by atoms with Gasteiger partial charge < -0.3 is 5.11 Å². The number of fused-ring (bicyclic) bond motifs is 1. The number of nitro benzene ring substituents is 1. The number of nitrogens with zero attached hydrogens (tertiary/aromatic N) is 2. The zero-order valence-corrected chi connectivity index (χ0v) is 12.2. The largest absolute Gasteiger partial charge is 0.502 e. The minimum atomic E-state index is -4.04. The number of hydrogen-bond acceptors (Lipinski definition) is 6. The van der Waals surface area contributed by atoms with E-state index < -0.39 is 26.4 Å². The third-order valence-corrected chi connectivity index (χ3v) is 4.53. The molecule has 0 bridgehead atoms. The van der Waals surface area contributed by atoms with E-state index in [0.717, 1.165) is 23.6 Å². The van der Waals surface area contributed by atoms with Crippen molar-refractivity contribution in [2.24, 2.45) is 0 Å². The molecule has 9 nitrogen and oxygen atoms in total. The highest BCUT2D eigenvalue weighted by molar-refractivity contribution is 7.92. The van der Waals surface area contributed by atoms with Gasteiger partial charge in [0.1, 0.15) is 0 Å². The van der Waals surface area contributed by atoms with Crippen LogP contribution in [0.25, 0.3) is 10.9 Å². The second-order valence-corrected chi connectivity index (χ2v) is 6.37. The molecule has 0 fully saturated rings. The first kappa shape index (κ1) is 14.8. The Hall–Kier alpha value is -3.14. The van der Waals surface area contributed by atoms with Gasteiger partial charge in [-0.15, -0.1) is 0 Å². The molecular formula is C13H10N4O5S. The van der Waals surface area contributed by atoms with Gasteiger partial charge in [-0.1, -0.05) is 0 Å². The predicted molar refractivity (Wildman–Crippen MR) is 81.7 cm³/mol. The Kier molecular flexibility index (Phi) is 3.37. The number of benzene rings is 2. The van der Waals surface area contributed by atoms with Crippen molar-refractivity contribution >= 4 is 32.3 Å². The molecule has 23 heavy (non-hydrogen) atoms. The molecule has 0 saturated carbocycles. The predicted octanol–water partition coefficient (Wildman–Crippen LogP) is 1.98. The number of hydrogen-bond donors (Lipinski definition) is 3. The zero-order chi connectivity index (χ0) is 16.6. The minimum absolute atomic E-state index is 0.275. The highest BCUT2D eigenvalue weighted by atomic mass is 32.2. The maximum Gasteiger partial charge on any atom is 0.312 e. The summed E-state index contributed by atoms with van der Waals surface area (Å²) in [4.78, 5) is 9.61. The average Bonchev–Trinajstić information content (AvgIpc) is 2.94. The van der Waals surface area contributed by atoms with Gasteiger partial charge in [0.2, 0.25) is 0 Å². The fourth-order valence-electron chi connectivity index (χ4n) is 2.03. The lowest BCUT2D eigenvalue weighted by molar-refractivity contribution is -0.386. The Labute approximate surface area is 129 Å². The van der Waals surface area contributed by atoms with Gasteiger partial charge in [0, 0.05) is 11.5 Å². The molecule has 0 aliphatic carbocycles. The maximum absolute atomic E-state index is 12.3. The van der Waals surface area contributed by atoms with E-state index in [0.29, 0.717) is 5.52 Å². The molecule has 1 aromatic heterocycles. The fraction of sp³-hybridized carbons (Fsp3) is 0. The van der Waals surface area contributed by atoms with E-state index in [1.165, 1.54) is 0 Å². The molecule has 0 atom stereocenters. The van der Waals surface area contributed by atoms with Crippen molar-refractivity contribution in [1.29, 1.82) is 0 Å². The minimum Gasteiger partial charge on any atom is -0.502 e. The molecule has 0 amide bonds. The number of nitrogens with one attached hydrogen (secondary N) is 2. The van der Waals surface area contributed by atoms with Crippen LogP contribution in [-0.2, 0) is 10.0 Å². The second-order valence-electron chi connectivity index (χ2n) is 4.69. The standard InChI is InChI=1S/C13H10N4O5S/c18-13-4-3-10(6-12(13)17(19)20)23(21,22)16-9-2-1-8-7-14-15-11(8)5-9/h1-7,16,18H,(H,14,15). The summed E-state index contributed by atoms with van der Waals surface area (Å²) < 4.78 is 27.0. The summed E-state index contributed by atoms with van der Waals surface area (Å²) >= 11 is 0. The molecule has 0 unspecified atom stereocenters. The highest BCUT2D eigenvalue weighted by Gasteiger charge is 2.21. The summed E-state index contributed by atoms with van der Waals surface area (Å²) in [6.07, 6.45) is 1.59. The normalized spacial score (nSPS) is 11.5. The highest BCUT2D eigenvalue weighted by Crippen LogP contribution is 2.29. The number of aromatic nitrogens is 2. The molecule has 3 aromatic rings. The van der Waals surface area contributed by atoms with Crippen LogP contribution in [0.4, 0.5) is 11.4 Å². The molecule has 0 radical (unpaired) electrons. The Bertz CT molecular complexity index is 1010. The smallest absolute Gasteiger partial charge is 0.312 e. The lowest BCUT2D eigenvalue weighted by Gasteiger charge is -2.08. The van der Waals surface area contributed by atoms with Crippen LogP contribution in [0.15, 0.2) is 47.5 Å². The Morgan fingerprint density at radius 2 is 2.00 bits per heavy atom. The fourth-order valence-corrected chi connectivity index (χ4v) is 3.10. The molecule has 1 heterocycles. The third-order valence-electron chi connectivity index (χ3n) is 3.15. The molecule has 0 spiro atoms. The van der Waals surface area contributed by atoms with Gasteiger partial charge in [0.15, 0.2) is 5.75 Å². The summed E-state index contributed by atoms with van der Waals surface area (Å²) in [5, 5.41) is 27.5. The van der Waals surface area contributed by atoms with Gasteiger partial charge in [0.25, 0.3) is 10.0 Å². The first-order chi connectivity index (χ1) is 10.9. The molecule has 10 heteroatoms. The molecule has 3 rings (SSSR count). The third kappa shape index (κ3) is 2.79. The van der Waals surface area contributed by atoms with Crippen LogP contribution in [0.5, 0.6) is 5.75 Å². The first-order valence-corrected chi connectivity index (χ1v) is 7.78. The lowest BCUT2D eigenvalue weighted by Crippen LogP contribution is -2.13. The summed E-state index contributed by atoms with van der Waals surface area (Å²) in [5.41, 5.74) is 0.233. The Balaban J connectivity index is 1.98. The molecule has 0 aliphatic rings. The van der Waals surface area contributed by atoms with Gasteiger partial charge >= 0.3 is 5.69 Å². The molecule has 118 valence electrons. The topological polar surface area (TPSA) is 138 Å². The number of anilines is 1. The van der Waals surface area contributed by atoms with E-state index in [9.17, 15) is 23.6 Å². The number of sulfonamides is 1. The summed E-state index contributed by atoms with van der Waals surface area (Å²) in [6, 6.07) is 7.62. The van der Waals surface area contributed by atoms with E-state index in [4.69, 9.17) is 0 Å². The van der Waals surface area contributed by atoms with Crippen molar-refractivity contribution in [1.82, 2.24) is 10.2 Å². The van der Waals surface area contributed by atoms with E-state index in [-0.39, 0.29) is 10.6 Å². The van der Waals surface area contributed by atoms with Gasteiger partial charge in [0.05, 0.1) is 27.2 Å². The van der Waals surface area contributed by atoms with Crippen LogP contribution in [0.2, 0.25) is 0 Å². The van der Waals surface area contributed by atoms with Crippen molar-refractivity contribution in [2.75, 3.05) is 4.72 Å². The Morgan fingerprint density at radius 3 is 2.74 bits per heavy atom. The van der Waals surface area contributed by atoms with Crippen LogP contribution < -0.4 is 4.72 Å². The summed E-state index contributed by atoms with van der Waals surface area (Å²) in [7, 11) is -4.04. The number of phenolic OH excluding ortho intramolecular Hbond substituents is 1. The number of H-pyrrole nitrogens is 1. The SMILES string of the molecule is O=[N+]([O-])c1cc(S(=O)(=O)Nc2ccc3cn[nH]c3c2)ccc1O. The van der Waals surface area contributed by atoms with Crippen LogP contribution in [0.1, 0.15) is 0 Å². The van der Waals surface area contributed by atoms with Crippen LogP contribution in [0.3, 0.4) is 0 Å². The van der Waals surface area contributed by atoms with E-state index in [2.05, 4.69) is 14.9 Å². The molecule has 3 N–H and O–H groups in total. The van der Waals surface area contributed by atoms with Crippen molar-refractivity contribution < 1.29 is 18.4 Å². The monoisotopic (exact) mass is 334 g/mol. The molecule has 0 aliphatic heterocycles. The summed E-state index contributed by atoms with van der Waals surface area (Å²) in [6.45, 7) is 0. The van der Waals surface area contributed by atoms with Crippen LogP contribution in [-0.4, -0.2) is 28.6 Å². The zero-order valence-electron chi connectivity index (χ0n) is 11.4. The van der Waals surface area contributed by atoms with E-state index in [1.807, 2.05) is 0 Å². The summed E-state index contributed by atoms with van der Waals surface area (Å²) in [5.74, 6) is -0.604. The van der Waals surface area contributed by atoms with Crippen molar-refractivity contribution in [3.8, 4) is 5.75 Å². The number of aromatic amines is 1. The van der Waals surface area contributed by atoms with Gasteiger partial charge in [-0.25, -0.2) is 8.42 Å². The number of aromatic hydroxyl groups is 1. The second kappa shape index (κ2) is 5.25. The van der Waals surface area contributed by atoms with Gasteiger partial charge in [-0.05, 0) is 30.3 Å². The average molecular weight is 334 g/mol. The van der Waals surface area contributed by atoms with Crippen molar-refractivity contribution in [2.45, 2.75) is 4.90 Å². The maximum atomic E-state index is 12.3. The number of nitro groups is 1. The van der Waals surface area contributed by atoms with Crippen LogP contribution >= 0.6 is 0 Å². The Morgan fingerprint density at radius 1 is 1.22 bits per heavy atom. The number of phenols is 1. The quantitative estimate of drug-likeness (QED) is 0.492. The lowest BCUT2D eigenvalue weighted by atomic mass is 10.2. The molecular weight excluding hydrogens is 324 g/mol. The first-order valence-electron chi connectivity index (χ1n) is 6.30. The van der Waals surface area contributed by atoms with E-state index in [1.54, 1.807) is 24.4 Å². The van der Waals surface area contributed by atoms with Gasteiger partial charge in [-0.2, -0.15) is 5.10 Å². The molecule has 2 aromatic carbocycles. The van der Waals surface area contributed by atoms with Crippen molar-refractivity contribution in [3.63, 3.8) is 0 Å². The molecule has 0 saturated heterocycles. The van der Waals surface area contributed by atoms with Crippen LogP contribution in [0, 0.1) is 10.1 Å².